The Morgan fingerprint density at radius 2 is 1.68 bits per heavy atom. The van der Waals surface area contributed by atoms with Crippen molar-refractivity contribution < 1.29 is 13.2 Å². The Kier molecular flexibility index (Phi) is 7.34. The van der Waals surface area contributed by atoms with Crippen LogP contribution in [-0.4, -0.2) is 20.0 Å². The van der Waals surface area contributed by atoms with Gasteiger partial charge in [-0.15, -0.1) is 0 Å². The quantitative estimate of drug-likeness (QED) is 0.427. The summed E-state index contributed by atoms with van der Waals surface area (Å²) in [5.41, 5.74) is 6.11. The van der Waals surface area contributed by atoms with E-state index < -0.39 is 10.0 Å². The topological polar surface area (TPSA) is 78.8 Å². The van der Waals surface area contributed by atoms with Crippen LogP contribution in [0.4, 0.5) is 5.69 Å². The van der Waals surface area contributed by atoms with Crippen LogP contribution in [0.2, 0.25) is 5.02 Å². The smallest absolute Gasteiger partial charge is 0.267 e. The van der Waals surface area contributed by atoms with Crippen molar-refractivity contribution in [1.29, 1.82) is 0 Å². The Bertz CT molecular complexity index is 1300. The number of rotatable bonds is 7. The highest BCUT2D eigenvalue weighted by atomic mass is 35.5. The number of benzene rings is 3. The van der Waals surface area contributed by atoms with Crippen LogP contribution in [0.25, 0.3) is 0 Å². The van der Waals surface area contributed by atoms with Crippen molar-refractivity contribution in [3.05, 3.63) is 94.5 Å². The third-order valence-electron chi connectivity index (χ3n) is 5.81. The first-order chi connectivity index (χ1) is 16.3. The number of halogens is 1. The van der Waals surface area contributed by atoms with Gasteiger partial charge in [-0.2, -0.15) is 5.10 Å². The number of hydrogen-bond donors (Lipinski definition) is 1. The van der Waals surface area contributed by atoms with Crippen molar-refractivity contribution in [2.45, 2.75) is 44.0 Å². The highest BCUT2D eigenvalue weighted by molar-refractivity contribution is 7.92. The zero-order chi connectivity index (χ0) is 24.1. The lowest BCUT2D eigenvalue weighted by atomic mass is 10.1. The molecule has 1 saturated carbocycles. The normalized spacial score (nSPS) is 13.5. The van der Waals surface area contributed by atoms with Crippen molar-refractivity contribution in [3.63, 3.8) is 0 Å². The number of nitrogens with zero attached hydrogens (tertiary/aromatic N) is 2. The van der Waals surface area contributed by atoms with Gasteiger partial charge in [-0.1, -0.05) is 48.0 Å². The molecule has 34 heavy (non-hydrogen) atoms. The van der Waals surface area contributed by atoms with Gasteiger partial charge in [0, 0.05) is 16.3 Å². The summed E-state index contributed by atoms with van der Waals surface area (Å²) >= 11 is 6.22. The van der Waals surface area contributed by atoms with Crippen LogP contribution in [-0.2, 0) is 16.6 Å². The van der Waals surface area contributed by atoms with Gasteiger partial charge in [-0.25, -0.2) is 13.8 Å². The zero-order valence-corrected chi connectivity index (χ0v) is 20.4. The number of aryl methyl sites for hydroxylation is 1. The van der Waals surface area contributed by atoms with Crippen LogP contribution in [0.15, 0.2) is 82.8 Å². The molecule has 1 fully saturated rings. The summed E-state index contributed by atoms with van der Waals surface area (Å²) in [4.78, 5) is 12.6. The Balaban J connectivity index is 1.61. The average Bonchev–Trinajstić information content (AvgIpc) is 3.37. The Morgan fingerprint density at radius 1 is 1.00 bits per heavy atom. The van der Waals surface area contributed by atoms with Gasteiger partial charge >= 0.3 is 0 Å². The van der Waals surface area contributed by atoms with Gasteiger partial charge in [0.1, 0.15) is 0 Å². The van der Waals surface area contributed by atoms with Crippen molar-refractivity contribution in [2.75, 3.05) is 4.31 Å². The Labute approximate surface area is 205 Å². The molecule has 3 aromatic carbocycles. The maximum Gasteiger partial charge on any atom is 0.271 e. The summed E-state index contributed by atoms with van der Waals surface area (Å²) in [6.07, 6.45) is 4.07. The number of hydrazone groups is 1. The molecule has 1 aliphatic rings. The first-order valence-electron chi connectivity index (χ1n) is 11.1. The Morgan fingerprint density at radius 3 is 2.35 bits per heavy atom. The largest absolute Gasteiger partial charge is 0.271 e. The number of nitrogens with one attached hydrogen (secondary N) is 1. The third-order valence-corrected chi connectivity index (χ3v) is 7.82. The molecular formula is C26H26ClN3O3S. The summed E-state index contributed by atoms with van der Waals surface area (Å²) in [6, 6.07) is 20.3. The fourth-order valence-electron chi connectivity index (χ4n) is 3.89. The molecule has 6 nitrogen and oxygen atoms in total. The minimum atomic E-state index is -3.86. The molecule has 4 rings (SSSR count). The number of sulfonamides is 1. The van der Waals surface area contributed by atoms with Crippen molar-refractivity contribution in [1.82, 2.24) is 5.43 Å². The number of hydrogen-bond acceptors (Lipinski definition) is 4. The van der Waals surface area contributed by atoms with E-state index in [1.807, 2.05) is 6.92 Å². The van der Waals surface area contributed by atoms with E-state index >= 15 is 0 Å². The molecular weight excluding hydrogens is 470 g/mol. The van der Waals surface area contributed by atoms with E-state index in [-0.39, 0.29) is 17.3 Å². The first-order valence-corrected chi connectivity index (χ1v) is 12.9. The summed E-state index contributed by atoms with van der Waals surface area (Å²) < 4.78 is 28.5. The standard InChI is InChI=1S/C26H26ClN3O3S/c1-19-11-16-22(27)17-25(19)30(34(32,33)24-9-3-2-4-10-24)18-20-12-14-21(15-13-20)26(31)29-28-23-7-5-6-8-23/h2-4,9-17H,5-8,18H2,1H3,(H,29,31). The molecule has 3 aromatic rings. The maximum absolute atomic E-state index is 13.6. The molecule has 0 aromatic heterocycles. The lowest BCUT2D eigenvalue weighted by Gasteiger charge is -2.26. The van der Waals surface area contributed by atoms with Crippen LogP contribution >= 0.6 is 11.6 Å². The molecule has 0 unspecified atom stereocenters. The fraction of sp³-hybridized carbons (Fsp3) is 0.231. The minimum absolute atomic E-state index is 0.0859. The van der Waals surface area contributed by atoms with Gasteiger partial charge in [-0.05, 0) is 80.1 Å². The van der Waals surface area contributed by atoms with Crippen molar-refractivity contribution in [2.24, 2.45) is 5.10 Å². The lowest BCUT2D eigenvalue weighted by Crippen LogP contribution is -2.31. The summed E-state index contributed by atoms with van der Waals surface area (Å²) in [5.74, 6) is -0.287. The van der Waals surface area contributed by atoms with E-state index in [9.17, 15) is 13.2 Å². The van der Waals surface area contributed by atoms with Crippen LogP contribution in [0.3, 0.4) is 0 Å². The van der Waals surface area contributed by atoms with Crippen LogP contribution in [0.5, 0.6) is 0 Å². The highest BCUT2D eigenvalue weighted by Crippen LogP contribution is 2.31. The predicted molar refractivity (Wildman–Crippen MR) is 136 cm³/mol. The molecule has 8 heteroatoms. The van der Waals surface area contributed by atoms with Gasteiger partial charge < -0.3 is 0 Å². The lowest BCUT2D eigenvalue weighted by molar-refractivity contribution is 0.0954. The monoisotopic (exact) mass is 495 g/mol. The number of anilines is 1. The predicted octanol–water partition coefficient (Wildman–Crippen LogP) is 5.70. The maximum atomic E-state index is 13.6. The Hall–Kier alpha value is -3.16. The molecule has 0 spiro atoms. The molecule has 1 aliphatic carbocycles. The van der Waals surface area contributed by atoms with E-state index in [0.717, 1.165) is 42.5 Å². The number of carbonyl (C=O) groups is 1. The van der Waals surface area contributed by atoms with E-state index in [0.29, 0.717) is 16.3 Å². The zero-order valence-electron chi connectivity index (χ0n) is 18.9. The second-order valence-electron chi connectivity index (χ2n) is 8.28. The average molecular weight is 496 g/mol. The second-order valence-corrected chi connectivity index (χ2v) is 10.6. The minimum Gasteiger partial charge on any atom is -0.267 e. The highest BCUT2D eigenvalue weighted by Gasteiger charge is 2.26. The SMILES string of the molecule is Cc1ccc(Cl)cc1N(Cc1ccc(C(=O)NN=C2CCCC2)cc1)S(=O)(=O)c1ccccc1. The van der Waals surface area contributed by atoms with Gasteiger partial charge in [0.05, 0.1) is 17.1 Å². The van der Waals surface area contributed by atoms with Gasteiger partial charge in [-0.3, -0.25) is 9.10 Å². The van der Waals surface area contributed by atoms with Crippen molar-refractivity contribution in [3.8, 4) is 0 Å². The first kappa shape index (κ1) is 24.0. The van der Waals surface area contributed by atoms with Crippen molar-refractivity contribution >= 4 is 38.9 Å². The van der Waals surface area contributed by atoms with Crippen LogP contribution in [0, 0.1) is 6.92 Å². The fourth-order valence-corrected chi connectivity index (χ4v) is 5.58. The summed E-state index contributed by atoms with van der Waals surface area (Å²) in [7, 11) is -3.86. The molecule has 1 N–H and O–H groups in total. The molecule has 0 heterocycles. The molecule has 1 amide bonds. The van der Waals surface area contributed by atoms with Gasteiger partial charge in [0.15, 0.2) is 0 Å². The second kappa shape index (κ2) is 10.4. The molecule has 176 valence electrons. The molecule has 0 aliphatic heterocycles. The van der Waals surface area contributed by atoms with E-state index in [4.69, 9.17) is 11.6 Å². The van der Waals surface area contributed by atoms with Crippen LogP contribution < -0.4 is 9.73 Å². The number of carbonyl (C=O) groups excluding carboxylic acids is 1. The number of amides is 1. The molecule has 0 saturated heterocycles. The van der Waals surface area contributed by atoms with Gasteiger partial charge in [0.25, 0.3) is 15.9 Å². The molecule has 0 atom stereocenters. The van der Waals surface area contributed by atoms with Crippen LogP contribution in [0.1, 0.15) is 47.2 Å². The molecule has 0 bridgehead atoms. The molecule has 0 radical (unpaired) electrons. The summed E-state index contributed by atoms with van der Waals surface area (Å²) in [5, 5.41) is 4.66. The van der Waals surface area contributed by atoms with Gasteiger partial charge in [0.2, 0.25) is 0 Å². The third kappa shape index (κ3) is 5.48. The summed E-state index contributed by atoms with van der Waals surface area (Å²) in [6.45, 7) is 1.93. The van der Waals surface area contributed by atoms with E-state index in [1.165, 1.54) is 4.31 Å². The van der Waals surface area contributed by atoms with E-state index in [1.54, 1.807) is 72.8 Å². The van der Waals surface area contributed by atoms with E-state index in [2.05, 4.69) is 10.5 Å².